The average Bonchev–Trinajstić information content (AvgIpc) is 3.22. The highest BCUT2D eigenvalue weighted by atomic mass is 16.5. The number of amides is 1. The van der Waals surface area contributed by atoms with Gasteiger partial charge in [0.1, 0.15) is 6.73 Å². The summed E-state index contributed by atoms with van der Waals surface area (Å²) in [6.07, 6.45) is 1.67. The molecule has 0 atom stereocenters. The molecule has 0 aliphatic carbocycles. The number of primary amides is 1. The Balaban J connectivity index is 1.92. The minimum absolute atomic E-state index is 0.00638. The molecule has 10 heteroatoms. The topological polar surface area (TPSA) is 134 Å². The lowest BCUT2D eigenvalue weighted by atomic mass is 10.2. The molecule has 0 radical (unpaired) electrons. The van der Waals surface area contributed by atoms with Crippen LogP contribution in [0.2, 0.25) is 0 Å². The van der Waals surface area contributed by atoms with E-state index in [2.05, 4.69) is 20.4 Å². The van der Waals surface area contributed by atoms with Crippen LogP contribution >= 0.6 is 0 Å². The van der Waals surface area contributed by atoms with Crippen molar-refractivity contribution in [3.63, 3.8) is 0 Å². The number of rotatable bonds is 7. The van der Waals surface area contributed by atoms with Gasteiger partial charge in [-0.25, -0.2) is 14.3 Å². The second kappa shape index (κ2) is 7.20. The summed E-state index contributed by atoms with van der Waals surface area (Å²) in [6, 6.07) is 7.76. The summed E-state index contributed by atoms with van der Waals surface area (Å²) in [5.74, 6) is -0.606. The number of carbonyl (C=O) groups is 1. The van der Waals surface area contributed by atoms with Gasteiger partial charge in [-0.2, -0.15) is 0 Å². The maximum atomic E-state index is 11.3. The Morgan fingerprint density at radius 2 is 2.08 bits per heavy atom. The van der Waals surface area contributed by atoms with E-state index in [1.165, 1.54) is 4.68 Å². The third-order valence-corrected chi connectivity index (χ3v) is 3.36. The first-order valence-electron chi connectivity index (χ1n) is 7.51. The zero-order chi connectivity index (χ0) is 17.8. The number of aryl methyl sites for hydroxylation is 1. The molecule has 1 aromatic carbocycles. The van der Waals surface area contributed by atoms with E-state index in [9.17, 15) is 4.79 Å². The van der Waals surface area contributed by atoms with Gasteiger partial charge in [-0.1, -0.05) is 22.9 Å². The summed E-state index contributed by atoms with van der Waals surface area (Å²) in [5.41, 5.74) is 7.62. The maximum Gasteiger partial charge on any atom is 0.288 e. The first-order valence-corrected chi connectivity index (χ1v) is 7.51. The van der Waals surface area contributed by atoms with Gasteiger partial charge in [-0.3, -0.25) is 4.79 Å². The number of ether oxygens (including phenoxy) is 1. The van der Waals surface area contributed by atoms with Crippen LogP contribution in [0.1, 0.15) is 16.2 Å². The Morgan fingerprint density at radius 3 is 2.76 bits per heavy atom. The lowest BCUT2D eigenvalue weighted by molar-refractivity contribution is 0.0424. The van der Waals surface area contributed by atoms with Crippen molar-refractivity contribution in [3.8, 4) is 17.2 Å². The molecule has 3 N–H and O–H groups in total. The molecule has 130 valence electrons. The predicted octanol–water partition coefficient (Wildman–Crippen LogP) is -0.100. The zero-order valence-electron chi connectivity index (χ0n) is 13.5. The van der Waals surface area contributed by atoms with Crippen LogP contribution < -0.4 is 5.73 Å². The lowest BCUT2D eigenvalue weighted by Crippen LogP contribution is -2.14. The molecule has 0 spiro atoms. The molecule has 25 heavy (non-hydrogen) atoms. The molecule has 0 saturated carbocycles. The normalized spacial score (nSPS) is 11.0. The second-order valence-electron chi connectivity index (χ2n) is 5.27. The first kappa shape index (κ1) is 16.7. The van der Waals surface area contributed by atoms with Gasteiger partial charge in [0.25, 0.3) is 5.91 Å². The van der Waals surface area contributed by atoms with Crippen LogP contribution in [0.3, 0.4) is 0 Å². The molecule has 0 saturated heterocycles. The van der Waals surface area contributed by atoms with Crippen LogP contribution in [0.25, 0.3) is 17.2 Å². The van der Waals surface area contributed by atoms with E-state index < -0.39 is 5.91 Å². The first-order chi connectivity index (χ1) is 12.1. The molecule has 0 bridgehead atoms. The third kappa shape index (κ3) is 3.70. The van der Waals surface area contributed by atoms with Gasteiger partial charge in [0.15, 0.2) is 11.5 Å². The summed E-state index contributed by atoms with van der Waals surface area (Å²) in [5, 5.41) is 21.0. The molecular weight excluding hydrogens is 326 g/mol. The Labute approximate surface area is 142 Å². The molecule has 3 rings (SSSR count). The van der Waals surface area contributed by atoms with Crippen LogP contribution in [0.4, 0.5) is 0 Å². The predicted molar refractivity (Wildman–Crippen MR) is 86.7 cm³/mol. The molecule has 0 fully saturated rings. The van der Waals surface area contributed by atoms with Gasteiger partial charge in [0.2, 0.25) is 5.82 Å². The highest BCUT2D eigenvalue weighted by Gasteiger charge is 2.18. The van der Waals surface area contributed by atoms with Crippen molar-refractivity contribution in [2.45, 2.75) is 13.7 Å². The molecule has 2 aromatic heterocycles. The van der Waals surface area contributed by atoms with Crippen LogP contribution in [-0.4, -0.2) is 54.0 Å². The number of aliphatic hydroxyl groups is 1. The number of aliphatic hydroxyl groups excluding tert-OH is 1. The Kier molecular flexibility index (Phi) is 4.82. The Morgan fingerprint density at radius 1 is 1.32 bits per heavy atom. The number of aromatic nitrogens is 6. The minimum atomic E-state index is -0.756. The molecule has 2 heterocycles. The molecule has 0 unspecified atom stereocenters. The zero-order valence-corrected chi connectivity index (χ0v) is 13.5. The van der Waals surface area contributed by atoms with Gasteiger partial charge in [0, 0.05) is 0 Å². The fraction of sp³-hybridized carbons (Fsp3) is 0.267. The molecule has 3 aromatic rings. The largest absolute Gasteiger partial charge is 0.394 e. The second-order valence-corrected chi connectivity index (χ2v) is 5.27. The number of nitrogens with two attached hydrogens (primary N) is 1. The number of carbonyl (C=O) groups excluding carboxylic acids is 1. The Bertz CT molecular complexity index is 870. The summed E-state index contributed by atoms with van der Waals surface area (Å²) in [6.45, 7) is 1.99. The highest BCUT2D eigenvalue weighted by molar-refractivity contribution is 5.89. The standard InChI is InChI=1S/C15H17N7O3/c1-10-2-4-11(5-3-10)21-8-12(18-20-21)15-17-14(13(16)24)19-22(15)9-25-7-6-23/h2-5,8,23H,6-7,9H2,1H3,(H2,16,24). The van der Waals surface area contributed by atoms with E-state index >= 15 is 0 Å². The van der Waals surface area contributed by atoms with Gasteiger partial charge in [0.05, 0.1) is 25.1 Å². The van der Waals surface area contributed by atoms with Crippen molar-refractivity contribution < 1.29 is 14.6 Å². The van der Waals surface area contributed by atoms with Crippen LogP contribution in [0, 0.1) is 6.92 Å². The van der Waals surface area contributed by atoms with Crippen LogP contribution in [0.15, 0.2) is 30.5 Å². The number of hydrogen-bond donors (Lipinski definition) is 2. The number of nitrogens with zero attached hydrogens (tertiary/aromatic N) is 6. The number of hydrogen-bond acceptors (Lipinski definition) is 7. The quantitative estimate of drug-likeness (QED) is 0.572. The van der Waals surface area contributed by atoms with Crippen molar-refractivity contribution in [2.24, 2.45) is 5.73 Å². The van der Waals surface area contributed by atoms with E-state index in [-0.39, 0.29) is 25.8 Å². The van der Waals surface area contributed by atoms with Gasteiger partial charge >= 0.3 is 0 Å². The van der Waals surface area contributed by atoms with E-state index in [1.54, 1.807) is 10.9 Å². The highest BCUT2D eigenvalue weighted by Crippen LogP contribution is 2.17. The minimum Gasteiger partial charge on any atom is -0.394 e. The molecule has 0 aliphatic rings. The van der Waals surface area contributed by atoms with Crippen molar-refractivity contribution in [3.05, 3.63) is 41.9 Å². The summed E-state index contributed by atoms with van der Waals surface area (Å²) < 4.78 is 8.17. The summed E-state index contributed by atoms with van der Waals surface area (Å²) in [4.78, 5) is 15.4. The van der Waals surface area contributed by atoms with Crippen LogP contribution in [0.5, 0.6) is 0 Å². The Hall–Kier alpha value is -3.11. The molecule has 1 amide bonds. The van der Waals surface area contributed by atoms with E-state index in [0.717, 1.165) is 11.3 Å². The molecular formula is C15H17N7O3. The maximum absolute atomic E-state index is 11.3. The van der Waals surface area contributed by atoms with Crippen molar-refractivity contribution in [1.29, 1.82) is 0 Å². The van der Waals surface area contributed by atoms with Gasteiger partial charge in [-0.15, -0.1) is 10.2 Å². The smallest absolute Gasteiger partial charge is 0.288 e. The van der Waals surface area contributed by atoms with Crippen molar-refractivity contribution >= 4 is 5.91 Å². The summed E-state index contributed by atoms with van der Waals surface area (Å²) in [7, 11) is 0. The fourth-order valence-electron chi connectivity index (χ4n) is 2.13. The fourth-order valence-corrected chi connectivity index (χ4v) is 2.13. The van der Waals surface area contributed by atoms with E-state index in [1.807, 2.05) is 31.2 Å². The molecule has 0 aliphatic heterocycles. The monoisotopic (exact) mass is 343 g/mol. The lowest BCUT2D eigenvalue weighted by Gasteiger charge is -2.04. The number of benzene rings is 1. The van der Waals surface area contributed by atoms with Gasteiger partial charge < -0.3 is 15.6 Å². The van der Waals surface area contributed by atoms with Gasteiger partial charge in [-0.05, 0) is 19.1 Å². The van der Waals surface area contributed by atoms with Crippen molar-refractivity contribution in [1.82, 2.24) is 29.8 Å². The molecule has 10 nitrogen and oxygen atoms in total. The van der Waals surface area contributed by atoms with E-state index in [4.69, 9.17) is 15.6 Å². The van der Waals surface area contributed by atoms with Crippen LogP contribution in [-0.2, 0) is 11.5 Å². The van der Waals surface area contributed by atoms with Crippen molar-refractivity contribution in [2.75, 3.05) is 13.2 Å². The SMILES string of the molecule is Cc1ccc(-n2cc(-c3nc(C(N)=O)nn3COCCO)nn2)cc1. The third-order valence-electron chi connectivity index (χ3n) is 3.36. The van der Waals surface area contributed by atoms with E-state index in [0.29, 0.717) is 11.5 Å². The average molecular weight is 343 g/mol. The summed E-state index contributed by atoms with van der Waals surface area (Å²) >= 11 is 0.